The van der Waals surface area contributed by atoms with Gasteiger partial charge in [0.1, 0.15) is 0 Å². The van der Waals surface area contributed by atoms with Gasteiger partial charge in [0.2, 0.25) is 5.91 Å². The Morgan fingerprint density at radius 3 is 2.39 bits per heavy atom. The first-order valence-electron chi connectivity index (χ1n) is 8.45. The second-order valence-electron chi connectivity index (χ2n) is 6.76. The Hall–Kier alpha value is -0.580. The number of nitrogens with two attached hydrogens (primary N) is 1. The number of carbonyl (C=O) groups excluding carboxylic acids is 1. The van der Waals surface area contributed by atoms with Crippen molar-refractivity contribution in [3.8, 4) is 0 Å². The van der Waals surface area contributed by atoms with Crippen molar-refractivity contribution in [3.05, 3.63) is 34.3 Å². The maximum Gasteiger partial charge on any atom is 0.223 e. The highest BCUT2D eigenvalue weighted by atomic mass is 79.9. The van der Waals surface area contributed by atoms with Gasteiger partial charge in [-0.15, -0.1) is 12.4 Å². The van der Waals surface area contributed by atoms with Crippen LogP contribution in [0.2, 0.25) is 0 Å². The lowest BCUT2D eigenvalue weighted by Gasteiger charge is -2.35. The number of halogens is 2. The molecule has 3 rings (SSSR count). The molecule has 1 aromatic rings. The molecule has 0 aliphatic heterocycles. The molecule has 0 spiro atoms. The fraction of sp³-hybridized carbons (Fsp3) is 0.611. The van der Waals surface area contributed by atoms with E-state index in [1.807, 2.05) is 0 Å². The van der Waals surface area contributed by atoms with Gasteiger partial charge in [-0.25, -0.2) is 0 Å². The normalized spacial score (nSPS) is 25.3. The fourth-order valence-electron chi connectivity index (χ4n) is 3.84. The van der Waals surface area contributed by atoms with Crippen LogP contribution in [0.15, 0.2) is 28.7 Å². The van der Waals surface area contributed by atoms with E-state index in [2.05, 4.69) is 45.5 Å². The quantitative estimate of drug-likeness (QED) is 0.776. The Morgan fingerprint density at radius 2 is 1.83 bits per heavy atom. The van der Waals surface area contributed by atoms with E-state index in [4.69, 9.17) is 5.73 Å². The Balaban J connectivity index is 0.00000192. The van der Waals surface area contributed by atoms with Crippen molar-refractivity contribution < 1.29 is 4.79 Å². The molecule has 0 aromatic heterocycles. The highest BCUT2D eigenvalue weighted by molar-refractivity contribution is 9.10. The predicted molar refractivity (Wildman–Crippen MR) is 99.5 cm³/mol. The first kappa shape index (κ1) is 18.8. The minimum absolute atomic E-state index is 0. The Bertz CT molecular complexity index is 518. The number of nitrogens with one attached hydrogen (secondary N) is 1. The van der Waals surface area contributed by atoms with Crippen LogP contribution in [0, 0.1) is 17.8 Å². The van der Waals surface area contributed by atoms with Crippen molar-refractivity contribution in [1.82, 2.24) is 5.32 Å². The Morgan fingerprint density at radius 1 is 1.17 bits per heavy atom. The molecule has 2 aliphatic carbocycles. The molecule has 128 valence electrons. The van der Waals surface area contributed by atoms with Crippen molar-refractivity contribution in [2.24, 2.45) is 23.5 Å². The van der Waals surface area contributed by atoms with E-state index >= 15 is 0 Å². The van der Waals surface area contributed by atoms with Gasteiger partial charge in [-0.05, 0) is 61.8 Å². The van der Waals surface area contributed by atoms with E-state index < -0.39 is 0 Å². The minimum atomic E-state index is 0. The van der Waals surface area contributed by atoms with E-state index in [-0.39, 0.29) is 30.3 Å². The third-order valence-electron chi connectivity index (χ3n) is 5.45. The summed E-state index contributed by atoms with van der Waals surface area (Å²) in [7, 11) is 0. The SMILES string of the molecule is Cl.NC[C@H]1CCC[C@H]1C(=O)NC(c1ccc(Br)cc1)C1CCC1. The molecule has 0 heterocycles. The van der Waals surface area contributed by atoms with Crippen LogP contribution < -0.4 is 11.1 Å². The summed E-state index contributed by atoms with van der Waals surface area (Å²) in [5.41, 5.74) is 7.06. The van der Waals surface area contributed by atoms with E-state index in [1.165, 1.54) is 24.8 Å². The zero-order chi connectivity index (χ0) is 15.5. The molecule has 0 saturated heterocycles. The molecule has 0 bridgehead atoms. The monoisotopic (exact) mass is 400 g/mol. The van der Waals surface area contributed by atoms with Crippen LogP contribution in [-0.2, 0) is 4.79 Å². The highest BCUT2D eigenvalue weighted by Crippen LogP contribution is 2.39. The Kier molecular flexibility index (Phi) is 6.93. The van der Waals surface area contributed by atoms with Gasteiger partial charge in [-0.1, -0.05) is 40.9 Å². The maximum absolute atomic E-state index is 12.7. The molecule has 1 unspecified atom stereocenters. The van der Waals surface area contributed by atoms with Crippen LogP contribution in [0.25, 0.3) is 0 Å². The number of hydrogen-bond acceptors (Lipinski definition) is 2. The lowest BCUT2D eigenvalue weighted by atomic mass is 9.77. The van der Waals surface area contributed by atoms with Gasteiger partial charge in [-0.2, -0.15) is 0 Å². The molecule has 1 aromatic carbocycles. The summed E-state index contributed by atoms with van der Waals surface area (Å²) in [6.45, 7) is 0.629. The third kappa shape index (κ3) is 4.28. The lowest BCUT2D eigenvalue weighted by molar-refractivity contribution is -0.127. The Labute approximate surface area is 153 Å². The van der Waals surface area contributed by atoms with Crippen molar-refractivity contribution in [1.29, 1.82) is 0 Å². The molecule has 23 heavy (non-hydrogen) atoms. The van der Waals surface area contributed by atoms with E-state index in [0.29, 0.717) is 18.4 Å². The van der Waals surface area contributed by atoms with Crippen LogP contribution in [0.1, 0.15) is 50.1 Å². The second kappa shape index (κ2) is 8.50. The summed E-state index contributed by atoms with van der Waals surface area (Å²) >= 11 is 3.48. The molecule has 1 amide bonds. The zero-order valence-electron chi connectivity index (χ0n) is 13.3. The number of benzene rings is 1. The van der Waals surface area contributed by atoms with E-state index in [0.717, 1.165) is 23.7 Å². The summed E-state index contributed by atoms with van der Waals surface area (Å²) in [6, 6.07) is 8.54. The van der Waals surface area contributed by atoms with Crippen molar-refractivity contribution in [2.45, 2.75) is 44.6 Å². The van der Waals surface area contributed by atoms with Crippen LogP contribution in [-0.4, -0.2) is 12.5 Å². The van der Waals surface area contributed by atoms with Crippen LogP contribution in [0.4, 0.5) is 0 Å². The maximum atomic E-state index is 12.7. The number of hydrogen-bond donors (Lipinski definition) is 2. The predicted octanol–water partition coefficient (Wildman–Crippen LogP) is 4.20. The highest BCUT2D eigenvalue weighted by Gasteiger charge is 2.35. The van der Waals surface area contributed by atoms with Crippen LogP contribution >= 0.6 is 28.3 Å². The fourth-order valence-corrected chi connectivity index (χ4v) is 4.11. The number of carbonyl (C=O) groups is 1. The summed E-state index contributed by atoms with van der Waals surface area (Å²) in [4.78, 5) is 12.7. The van der Waals surface area contributed by atoms with Crippen LogP contribution in [0.3, 0.4) is 0 Å². The van der Waals surface area contributed by atoms with Gasteiger partial charge in [-0.3, -0.25) is 4.79 Å². The topological polar surface area (TPSA) is 55.1 Å². The largest absolute Gasteiger partial charge is 0.349 e. The number of amides is 1. The van der Waals surface area contributed by atoms with Crippen molar-refractivity contribution in [3.63, 3.8) is 0 Å². The molecule has 3 N–H and O–H groups in total. The summed E-state index contributed by atoms with van der Waals surface area (Å²) in [5.74, 6) is 1.28. The molecule has 3 nitrogen and oxygen atoms in total. The smallest absolute Gasteiger partial charge is 0.223 e. The van der Waals surface area contributed by atoms with Gasteiger partial charge in [0.25, 0.3) is 0 Å². The van der Waals surface area contributed by atoms with Gasteiger partial charge in [0.15, 0.2) is 0 Å². The first-order chi connectivity index (χ1) is 10.7. The number of rotatable bonds is 5. The van der Waals surface area contributed by atoms with E-state index in [1.54, 1.807) is 0 Å². The molecule has 2 saturated carbocycles. The van der Waals surface area contributed by atoms with Crippen molar-refractivity contribution in [2.75, 3.05) is 6.54 Å². The molecule has 0 radical (unpaired) electrons. The molecule has 3 atom stereocenters. The standard InChI is InChI=1S/C18H25BrN2O.ClH/c19-15-9-7-13(8-10-15)17(12-3-1-4-12)21-18(22)16-6-2-5-14(16)11-20;/h7-10,12,14,16-17H,1-6,11,20H2,(H,21,22);1H/t14-,16-,17?;/m1./s1. The summed E-state index contributed by atoms with van der Waals surface area (Å²) in [5, 5.41) is 3.35. The molecular weight excluding hydrogens is 376 g/mol. The molecular formula is C18H26BrClN2O. The molecule has 2 fully saturated rings. The summed E-state index contributed by atoms with van der Waals surface area (Å²) < 4.78 is 1.08. The van der Waals surface area contributed by atoms with Gasteiger partial charge in [0.05, 0.1) is 6.04 Å². The zero-order valence-corrected chi connectivity index (χ0v) is 15.7. The third-order valence-corrected chi connectivity index (χ3v) is 5.98. The van der Waals surface area contributed by atoms with Gasteiger partial charge < -0.3 is 11.1 Å². The average Bonchev–Trinajstić information content (AvgIpc) is 2.94. The lowest BCUT2D eigenvalue weighted by Crippen LogP contribution is -2.41. The molecule has 5 heteroatoms. The average molecular weight is 402 g/mol. The van der Waals surface area contributed by atoms with Crippen molar-refractivity contribution >= 4 is 34.2 Å². The van der Waals surface area contributed by atoms with Crippen LogP contribution in [0.5, 0.6) is 0 Å². The minimum Gasteiger partial charge on any atom is -0.349 e. The second-order valence-corrected chi connectivity index (χ2v) is 7.68. The summed E-state index contributed by atoms with van der Waals surface area (Å²) in [6.07, 6.45) is 6.93. The van der Waals surface area contributed by atoms with Gasteiger partial charge in [0, 0.05) is 10.4 Å². The van der Waals surface area contributed by atoms with E-state index in [9.17, 15) is 4.79 Å². The van der Waals surface area contributed by atoms with Gasteiger partial charge >= 0.3 is 0 Å². The molecule has 2 aliphatic rings. The first-order valence-corrected chi connectivity index (χ1v) is 9.24.